The number of carbonyl (C=O) groups is 1. The second-order valence-corrected chi connectivity index (χ2v) is 7.95. The van der Waals surface area contributed by atoms with Crippen LogP contribution in [0.25, 0.3) is 11.0 Å². The summed E-state index contributed by atoms with van der Waals surface area (Å²) in [5.41, 5.74) is 2.82. The molecule has 130 valence electrons. The molecule has 0 saturated heterocycles. The Bertz CT molecular complexity index is 819. The van der Waals surface area contributed by atoms with Crippen LogP contribution in [0.3, 0.4) is 0 Å². The number of benzene rings is 2. The zero-order valence-electron chi connectivity index (χ0n) is 14.8. The Balaban J connectivity index is 1.69. The number of nitrogens with one attached hydrogen (secondary N) is 1. The Morgan fingerprint density at radius 3 is 2.44 bits per heavy atom. The second-order valence-electron chi connectivity index (χ2n) is 6.98. The van der Waals surface area contributed by atoms with Crippen LogP contribution in [0.5, 0.6) is 0 Å². The summed E-state index contributed by atoms with van der Waals surface area (Å²) in [4.78, 5) is 22.6. The lowest BCUT2D eigenvalue weighted by molar-refractivity contribution is -0.133. The number of amides is 1. The normalized spacial score (nSPS) is 11.6. The number of thioether (sulfide) groups is 1. The van der Waals surface area contributed by atoms with E-state index in [-0.39, 0.29) is 11.4 Å². The zero-order valence-corrected chi connectivity index (χ0v) is 15.6. The highest BCUT2D eigenvalue weighted by Crippen LogP contribution is 2.23. The fourth-order valence-corrected chi connectivity index (χ4v) is 3.43. The lowest BCUT2D eigenvalue weighted by Crippen LogP contribution is -2.45. The number of aromatic amines is 1. The Morgan fingerprint density at radius 1 is 1.08 bits per heavy atom. The number of nitrogens with zero attached hydrogens (tertiary/aromatic N) is 2. The van der Waals surface area contributed by atoms with Crippen molar-refractivity contribution >= 4 is 28.7 Å². The Morgan fingerprint density at radius 2 is 1.76 bits per heavy atom. The molecule has 0 aliphatic heterocycles. The lowest BCUT2D eigenvalue weighted by Gasteiger charge is -2.36. The van der Waals surface area contributed by atoms with E-state index in [4.69, 9.17) is 0 Å². The summed E-state index contributed by atoms with van der Waals surface area (Å²) in [6.07, 6.45) is 0. The van der Waals surface area contributed by atoms with Gasteiger partial charge in [-0.25, -0.2) is 4.98 Å². The minimum atomic E-state index is -0.235. The Hall–Kier alpha value is -2.27. The number of hydrogen-bond donors (Lipinski definition) is 1. The quantitative estimate of drug-likeness (QED) is 0.688. The Labute approximate surface area is 152 Å². The van der Waals surface area contributed by atoms with E-state index in [1.165, 1.54) is 11.8 Å². The Kier molecular flexibility index (Phi) is 5.13. The van der Waals surface area contributed by atoms with Crippen LogP contribution in [0.1, 0.15) is 26.3 Å². The first-order valence-electron chi connectivity index (χ1n) is 8.35. The minimum Gasteiger partial charge on any atom is -0.333 e. The summed E-state index contributed by atoms with van der Waals surface area (Å²) in [6, 6.07) is 18.0. The van der Waals surface area contributed by atoms with Crippen LogP contribution in [-0.4, -0.2) is 32.1 Å². The van der Waals surface area contributed by atoms with Gasteiger partial charge < -0.3 is 9.88 Å². The first-order valence-corrected chi connectivity index (χ1v) is 9.34. The molecular formula is C20H23N3OS. The van der Waals surface area contributed by atoms with Gasteiger partial charge in [0.1, 0.15) is 0 Å². The molecule has 5 heteroatoms. The highest BCUT2D eigenvalue weighted by Gasteiger charge is 2.26. The van der Waals surface area contributed by atoms with Gasteiger partial charge in [-0.15, -0.1) is 0 Å². The summed E-state index contributed by atoms with van der Waals surface area (Å²) in [7, 11) is 0. The molecule has 1 N–H and O–H groups in total. The average Bonchev–Trinajstić information content (AvgIpc) is 3.00. The van der Waals surface area contributed by atoms with Gasteiger partial charge in [0.05, 0.1) is 16.8 Å². The summed E-state index contributed by atoms with van der Waals surface area (Å²) < 4.78 is 0. The molecule has 0 aliphatic carbocycles. The van der Waals surface area contributed by atoms with E-state index in [0.717, 1.165) is 21.8 Å². The molecule has 0 radical (unpaired) electrons. The summed E-state index contributed by atoms with van der Waals surface area (Å²) in [6.45, 7) is 6.82. The maximum Gasteiger partial charge on any atom is 0.233 e. The second kappa shape index (κ2) is 7.31. The summed E-state index contributed by atoms with van der Waals surface area (Å²) >= 11 is 1.45. The fraction of sp³-hybridized carbons (Fsp3) is 0.300. The number of fused-ring (bicyclic) bond motifs is 1. The molecule has 1 aromatic heterocycles. The maximum atomic E-state index is 12.8. The molecule has 0 bridgehead atoms. The molecule has 25 heavy (non-hydrogen) atoms. The van der Waals surface area contributed by atoms with Crippen LogP contribution in [0.15, 0.2) is 59.8 Å². The monoisotopic (exact) mass is 353 g/mol. The van der Waals surface area contributed by atoms with Crippen molar-refractivity contribution in [3.05, 3.63) is 60.2 Å². The lowest BCUT2D eigenvalue weighted by atomic mass is 10.0. The molecule has 2 aromatic carbocycles. The molecule has 0 unspecified atom stereocenters. The first-order chi connectivity index (χ1) is 11.9. The summed E-state index contributed by atoms with van der Waals surface area (Å²) in [5.74, 6) is 0.478. The number of carbonyl (C=O) groups excluding carboxylic acids is 1. The first kappa shape index (κ1) is 17.5. The third-order valence-corrected chi connectivity index (χ3v) is 4.85. The predicted octanol–water partition coefficient (Wildman–Crippen LogP) is 4.48. The van der Waals surface area contributed by atoms with Gasteiger partial charge in [-0.05, 0) is 38.5 Å². The van der Waals surface area contributed by atoms with E-state index in [1.807, 2.05) is 47.4 Å². The molecule has 4 nitrogen and oxygen atoms in total. The zero-order chi connectivity index (χ0) is 17.9. The predicted molar refractivity (Wildman–Crippen MR) is 104 cm³/mol. The van der Waals surface area contributed by atoms with Crippen molar-refractivity contribution in [1.29, 1.82) is 0 Å². The molecule has 1 heterocycles. The molecule has 1 amide bonds. The largest absolute Gasteiger partial charge is 0.333 e. The van der Waals surface area contributed by atoms with Crippen molar-refractivity contribution in [2.45, 2.75) is 38.0 Å². The third-order valence-electron chi connectivity index (χ3n) is 3.99. The van der Waals surface area contributed by atoms with Crippen LogP contribution >= 0.6 is 11.8 Å². The number of rotatable bonds is 5. The van der Waals surface area contributed by atoms with Crippen LogP contribution in [0.2, 0.25) is 0 Å². The molecule has 0 saturated carbocycles. The smallest absolute Gasteiger partial charge is 0.233 e. The molecule has 0 spiro atoms. The highest BCUT2D eigenvalue weighted by molar-refractivity contribution is 7.99. The van der Waals surface area contributed by atoms with Gasteiger partial charge >= 0.3 is 0 Å². The van der Waals surface area contributed by atoms with Crippen molar-refractivity contribution in [3.63, 3.8) is 0 Å². The molecule has 0 aliphatic rings. The number of H-pyrrole nitrogens is 1. The van der Waals surface area contributed by atoms with E-state index in [1.54, 1.807) is 0 Å². The van der Waals surface area contributed by atoms with Gasteiger partial charge in [0, 0.05) is 12.1 Å². The SMILES string of the molecule is CC(C)(C)N(Cc1ccccc1)C(=O)CSc1nc2ccccc2[nH]1. The average molecular weight is 353 g/mol. The summed E-state index contributed by atoms with van der Waals surface area (Å²) in [5, 5.41) is 0.781. The molecular weight excluding hydrogens is 330 g/mol. The van der Waals surface area contributed by atoms with E-state index in [0.29, 0.717) is 12.3 Å². The van der Waals surface area contributed by atoms with Gasteiger partial charge in [-0.1, -0.05) is 54.2 Å². The molecule has 0 fully saturated rings. The molecule has 0 atom stereocenters. The van der Waals surface area contributed by atoms with Crippen molar-refractivity contribution in [2.75, 3.05) is 5.75 Å². The number of para-hydroxylation sites is 2. The molecule has 3 aromatic rings. The van der Waals surface area contributed by atoms with E-state index in [2.05, 4.69) is 42.9 Å². The van der Waals surface area contributed by atoms with E-state index < -0.39 is 0 Å². The number of aromatic nitrogens is 2. The van der Waals surface area contributed by atoms with Crippen LogP contribution in [0, 0.1) is 0 Å². The van der Waals surface area contributed by atoms with E-state index >= 15 is 0 Å². The van der Waals surface area contributed by atoms with E-state index in [9.17, 15) is 4.79 Å². The van der Waals surface area contributed by atoms with Gasteiger partial charge in [-0.2, -0.15) is 0 Å². The van der Waals surface area contributed by atoms with Crippen LogP contribution < -0.4 is 0 Å². The highest BCUT2D eigenvalue weighted by atomic mass is 32.2. The van der Waals surface area contributed by atoms with Gasteiger partial charge in [0.15, 0.2) is 5.16 Å². The number of hydrogen-bond acceptors (Lipinski definition) is 3. The van der Waals surface area contributed by atoms with Gasteiger partial charge in [0.2, 0.25) is 5.91 Å². The van der Waals surface area contributed by atoms with Gasteiger partial charge in [0.25, 0.3) is 0 Å². The molecule has 3 rings (SSSR count). The standard InChI is InChI=1S/C20H23N3OS/c1-20(2,3)23(13-15-9-5-4-6-10-15)18(24)14-25-19-21-16-11-7-8-12-17(16)22-19/h4-12H,13-14H2,1-3H3,(H,21,22). The van der Waals surface area contributed by atoms with Gasteiger partial charge in [-0.3, -0.25) is 4.79 Å². The minimum absolute atomic E-state index is 0.113. The van der Waals surface area contributed by atoms with Crippen LogP contribution in [0.4, 0.5) is 0 Å². The van der Waals surface area contributed by atoms with Crippen LogP contribution in [-0.2, 0) is 11.3 Å². The van der Waals surface area contributed by atoms with Crippen molar-refractivity contribution < 1.29 is 4.79 Å². The maximum absolute atomic E-state index is 12.8. The fourth-order valence-electron chi connectivity index (χ4n) is 2.67. The topological polar surface area (TPSA) is 49.0 Å². The van der Waals surface area contributed by atoms with Crippen molar-refractivity contribution in [2.24, 2.45) is 0 Å². The van der Waals surface area contributed by atoms with Crippen molar-refractivity contribution in [3.8, 4) is 0 Å². The number of imidazole rings is 1. The third kappa shape index (κ3) is 4.42. The van der Waals surface area contributed by atoms with Crippen molar-refractivity contribution in [1.82, 2.24) is 14.9 Å².